The van der Waals surface area contributed by atoms with Gasteiger partial charge in [0.15, 0.2) is 0 Å². The molecule has 0 bridgehead atoms. The Morgan fingerprint density at radius 1 is 0.500 bits per heavy atom. The lowest BCUT2D eigenvalue weighted by Gasteiger charge is -2.29. The molecule has 5 aromatic carbocycles. The third-order valence-corrected chi connectivity index (χ3v) is 6.29. The van der Waals surface area contributed by atoms with Crippen molar-refractivity contribution in [1.29, 1.82) is 0 Å². The van der Waals surface area contributed by atoms with Gasteiger partial charge in [0, 0.05) is 5.41 Å². The molecule has 6 rings (SSSR count). The van der Waals surface area contributed by atoms with Gasteiger partial charge in [0.2, 0.25) is 0 Å². The Bertz CT molecular complexity index is 1280. The smallest absolute Gasteiger partial charge is 0.0436 e. The second kappa shape index (κ2) is 4.74. The fourth-order valence-electron chi connectivity index (χ4n) is 4.95. The minimum absolute atomic E-state index is 0.118. The van der Waals surface area contributed by atoms with E-state index < -0.39 is 0 Å². The van der Waals surface area contributed by atoms with Gasteiger partial charge < -0.3 is 0 Å². The van der Waals surface area contributed by atoms with E-state index in [1.54, 1.807) is 0 Å². The Kier molecular flexibility index (Phi) is 2.57. The van der Waals surface area contributed by atoms with Crippen molar-refractivity contribution >= 4 is 32.3 Å². The number of hydrogen-bond donors (Lipinski definition) is 0. The van der Waals surface area contributed by atoms with Crippen molar-refractivity contribution in [3.05, 3.63) is 108 Å². The summed E-state index contributed by atoms with van der Waals surface area (Å²) in [4.78, 5) is 0. The highest BCUT2D eigenvalue weighted by Crippen LogP contribution is 2.52. The lowest BCUT2D eigenvalue weighted by Crippen LogP contribution is -2.22. The third-order valence-electron chi connectivity index (χ3n) is 6.29. The van der Waals surface area contributed by atoms with E-state index in [2.05, 4.69) is 97.9 Å². The highest BCUT2D eigenvalue weighted by atomic mass is 14.4. The minimum Gasteiger partial charge on any atom is -0.0616 e. The minimum atomic E-state index is -0.118. The van der Waals surface area contributed by atoms with Gasteiger partial charge in [-0.25, -0.2) is 0 Å². The molecule has 0 fully saturated rings. The zero-order valence-electron chi connectivity index (χ0n) is 14.7. The first-order chi connectivity index (χ1) is 12.8. The molecule has 5 aromatic rings. The number of hydrogen-bond acceptors (Lipinski definition) is 0. The van der Waals surface area contributed by atoms with E-state index in [-0.39, 0.29) is 5.41 Å². The van der Waals surface area contributed by atoms with E-state index >= 15 is 0 Å². The molecule has 1 aliphatic carbocycles. The summed E-state index contributed by atoms with van der Waals surface area (Å²) in [5.74, 6) is 0. The molecular formula is C26H18. The largest absolute Gasteiger partial charge is 0.0616 e. The van der Waals surface area contributed by atoms with Gasteiger partial charge in [-0.2, -0.15) is 0 Å². The van der Waals surface area contributed by atoms with Crippen LogP contribution in [-0.4, -0.2) is 0 Å². The van der Waals surface area contributed by atoms with E-state index in [0.29, 0.717) is 0 Å². The van der Waals surface area contributed by atoms with Gasteiger partial charge in [-0.1, -0.05) is 84.9 Å². The topological polar surface area (TPSA) is 0 Å². The molecule has 0 atom stereocenters. The van der Waals surface area contributed by atoms with Crippen molar-refractivity contribution in [2.75, 3.05) is 0 Å². The summed E-state index contributed by atoms with van der Waals surface area (Å²) < 4.78 is 0. The van der Waals surface area contributed by atoms with Gasteiger partial charge >= 0.3 is 0 Å². The molecule has 0 aliphatic heterocycles. The van der Waals surface area contributed by atoms with Gasteiger partial charge in [-0.05, 0) is 62.0 Å². The fourth-order valence-corrected chi connectivity index (χ4v) is 4.95. The van der Waals surface area contributed by atoms with Crippen LogP contribution in [0, 0.1) is 0 Å². The molecule has 0 saturated heterocycles. The highest BCUT2D eigenvalue weighted by molar-refractivity contribution is 6.15. The van der Waals surface area contributed by atoms with E-state index in [1.807, 2.05) is 0 Å². The van der Waals surface area contributed by atoms with Crippen molar-refractivity contribution < 1.29 is 0 Å². The fraction of sp³-hybridized carbons (Fsp3) is 0.0769. The molecule has 1 aliphatic rings. The summed E-state index contributed by atoms with van der Waals surface area (Å²) in [5, 5.41) is 8.14. The summed E-state index contributed by atoms with van der Waals surface area (Å²) >= 11 is 0. The first-order valence-corrected chi connectivity index (χ1v) is 9.21. The number of rotatable bonds is 1. The van der Waals surface area contributed by atoms with Crippen molar-refractivity contribution in [3.63, 3.8) is 0 Å². The first kappa shape index (κ1) is 14.1. The predicted molar refractivity (Wildman–Crippen MR) is 111 cm³/mol. The Morgan fingerprint density at radius 3 is 1.69 bits per heavy atom. The molecule has 26 heavy (non-hydrogen) atoms. The molecule has 0 heterocycles. The molecule has 0 nitrogen and oxygen atoms in total. The maximum atomic E-state index is 2.39. The van der Waals surface area contributed by atoms with E-state index in [1.165, 1.54) is 49.0 Å². The summed E-state index contributed by atoms with van der Waals surface area (Å²) in [6.07, 6.45) is 0. The summed E-state index contributed by atoms with van der Waals surface area (Å²) in [6, 6.07) is 33.6. The van der Waals surface area contributed by atoms with E-state index in [9.17, 15) is 0 Å². The predicted octanol–water partition coefficient (Wildman–Crippen LogP) is 6.81. The molecule has 0 amide bonds. The molecule has 0 saturated carbocycles. The maximum Gasteiger partial charge on any atom is 0.0436 e. The van der Waals surface area contributed by atoms with Crippen LogP contribution in [0.2, 0.25) is 0 Å². The van der Waals surface area contributed by atoms with Crippen LogP contribution in [0.5, 0.6) is 0 Å². The molecular weight excluding hydrogens is 312 g/mol. The van der Waals surface area contributed by atoms with Gasteiger partial charge in [-0.15, -0.1) is 0 Å². The van der Waals surface area contributed by atoms with Crippen LogP contribution < -0.4 is 0 Å². The van der Waals surface area contributed by atoms with Gasteiger partial charge in [-0.3, -0.25) is 0 Å². The number of fused-ring (bicyclic) bond motifs is 1. The molecule has 0 radical (unpaired) electrons. The van der Waals surface area contributed by atoms with Crippen LogP contribution in [0.1, 0.15) is 23.6 Å². The molecule has 122 valence electrons. The number of benzene rings is 5. The molecule has 0 N–H and O–H groups in total. The summed E-state index contributed by atoms with van der Waals surface area (Å²) in [5.41, 5.74) is 4.11. The summed E-state index contributed by atoms with van der Waals surface area (Å²) in [6.45, 7) is 2.39. The van der Waals surface area contributed by atoms with E-state index in [4.69, 9.17) is 0 Å². The normalized spacial score (nSPS) is 14.7. The van der Waals surface area contributed by atoms with E-state index in [0.717, 1.165) is 0 Å². The zero-order valence-corrected chi connectivity index (χ0v) is 14.7. The van der Waals surface area contributed by atoms with Crippen LogP contribution in [0.3, 0.4) is 0 Å². The SMILES string of the molecule is CC1(c2ccc3ccccc3c2)c2cccc3ccc4cccc1c4c23. The van der Waals surface area contributed by atoms with Gasteiger partial charge in [0.25, 0.3) is 0 Å². The second-order valence-corrected chi connectivity index (χ2v) is 7.56. The van der Waals surface area contributed by atoms with Crippen LogP contribution in [0.15, 0.2) is 91.0 Å². The Morgan fingerprint density at radius 2 is 1.04 bits per heavy atom. The first-order valence-electron chi connectivity index (χ1n) is 9.21. The standard InChI is InChI=1S/C26H18/c1-26(21-15-14-17-6-2-3-7-20(17)16-21)22-10-4-8-18-12-13-19-9-5-11-23(26)25(19)24(18)22/h2-16H,1H3. The molecule has 0 heteroatoms. The molecule has 0 unspecified atom stereocenters. The van der Waals surface area contributed by atoms with Crippen LogP contribution in [-0.2, 0) is 5.41 Å². The third kappa shape index (κ3) is 1.60. The maximum absolute atomic E-state index is 2.39. The molecule has 0 aromatic heterocycles. The van der Waals surface area contributed by atoms with Gasteiger partial charge in [0.1, 0.15) is 0 Å². The Balaban J connectivity index is 1.77. The Hall–Kier alpha value is -3.12. The lowest BCUT2D eigenvalue weighted by molar-refractivity contribution is 0.718. The van der Waals surface area contributed by atoms with Crippen LogP contribution >= 0.6 is 0 Å². The Labute approximate surface area is 152 Å². The van der Waals surface area contributed by atoms with Crippen molar-refractivity contribution in [3.8, 4) is 0 Å². The van der Waals surface area contributed by atoms with Crippen LogP contribution in [0.25, 0.3) is 32.3 Å². The average Bonchev–Trinajstić information content (AvgIpc) is 2.98. The van der Waals surface area contributed by atoms with Crippen molar-refractivity contribution in [1.82, 2.24) is 0 Å². The summed E-state index contributed by atoms with van der Waals surface area (Å²) in [7, 11) is 0. The quantitative estimate of drug-likeness (QED) is 0.296. The zero-order chi connectivity index (χ0) is 17.3. The van der Waals surface area contributed by atoms with Gasteiger partial charge in [0.05, 0.1) is 0 Å². The van der Waals surface area contributed by atoms with Crippen LogP contribution in [0.4, 0.5) is 0 Å². The molecule has 0 spiro atoms. The lowest BCUT2D eigenvalue weighted by atomic mass is 9.73. The highest BCUT2D eigenvalue weighted by Gasteiger charge is 2.39. The monoisotopic (exact) mass is 330 g/mol. The average molecular weight is 330 g/mol. The second-order valence-electron chi connectivity index (χ2n) is 7.56. The van der Waals surface area contributed by atoms with Crippen molar-refractivity contribution in [2.45, 2.75) is 12.3 Å². The van der Waals surface area contributed by atoms with Crippen molar-refractivity contribution in [2.24, 2.45) is 0 Å².